The van der Waals surface area contributed by atoms with E-state index in [2.05, 4.69) is 20.8 Å². The van der Waals surface area contributed by atoms with E-state index in [1.165, 1.54) is 0 Å². The third kappa shape index (κ3) is 6.63. The molecule has 0 bridgehead atoms. The smallest absolute Gasteiger partial charge is 0.508 e. The van der Waals surface area contributed by atoms with Crippen molar-refractivity contribution in [2.45, 2.75) is 59.3 Å². The summed E-state index contributed by atoms with van der Waals surface area (Å²) < 4.78 is 18.5. The zero-order valence-corrected chi connectivity index (χ0v) is 15.8. The summed E-state index contributed by atoms with van der Waals surface area (Å²) in [7, 11) is -3.08. The Morgan fingerprint density at radius 3 is 1.61 bits per heavy atom. The Bertz CT molecular complexity index is 399. The van der Waals surface area contributed by atoms with Gasteiger partial charge in [-0.05, 0) is 25.3 Å². The van der Waals surface area contributed by atoms with Crippen molar-refractivity contribution in [2.24, 2.45) is 0 Å². The molecule has 1 aromatic rings. The van der Waals surface area contributed by atoms with Gasteiger partial charge >= 0.3 is 8.80 Å². The predicted molar refractivity (Wildman–Crippen MR) is 96.1 cm³/mol. The van der Waals surface area contributed by atoms with Gasteiger partial charge in [0.25, 0.3) is 0 Å². The first-order valence-electron chi connectivity index (χ1n) is 8.90. The molecule has 0 atom stereocenters. The van der Waals surface area contributed by atoms with Gasteiger partial charge in [0, 0.05) is 19.8 Å². The lowest BCUT2D eigenvalue weighted by molar-refractivity contribution is 0.0696. The van der Waals surface area contributed by atoms with Gasteiger partial charge in [0.1, 0.15) is 5.75 Å². The molecule has 1 N–H and O–H groups in total. The van der Waals surface area contributed by atoms with E-state index in [0.717, 1.165) is 38.5 Å². The summed E-state index contributed by atoms with van der Waals surface area (Å²) in [6.07, 6.45) is 6.02. The van der Waals surface area contributed by atoms with Crippen molar-refractivity contribution in [1.82, 2.24) is 0 Å². The van der Waals surface area contributed by atoms with Crippen LogP contribution >= 0.6 is 0 Å². The van der Waals surface area contributed by atoms with E-state index >= 15 is 0 Å². The largest absolute Gasteiger partial charge is 0.541 e. The molecule has 1 rings (SSSR count). The number of benzene rings is 1. The Kier molecular flexibility index (Phi) is 10.2. The molecule has 1 aromatic carbocycles. The molecular weight excluding hydrogens is 308 g/mol. The molecule has 0 aliphatic carbocycles. The van der Waals surface area contributed by atoms with Crippen molar-refractivity contribution >= 4 is 14.0 Å². The van der Waals surface area contributed by atoms with Gasteiger partial charge in [0.15, 0.2) is 0 Å². The van der Waals surface area contributed by atoms with Crippen LogP contribution in [0.15, 0.2) is 24.3 Å². The van der Waals surface area contributed by atoms with Gasteiger partial charge in [0.05, 0.1) is 5.19 Å². The van der Waals surface area contributed by atoms with Crippen LogP contribution < -0.4 is 5.19 Å². The molecule has 0 aliphatic rings. The summed E-state index contributed by atoms with van der Waals surface area (Å²) in [4.78, 5) is 0. The quantitative estimate of drug-likeness (QED) is 0.436. The molecule has 0 aromatic heterocycles. The molecule has 0 saturated heterocycles. The molecule has 132 valence electrons. The Morgan fingerprint density at radius 2 is 1.22 bits per heavy atom. The number of rotatable bonds is 13. The number of phenolic OH excluding ortho intramolecular Hbond substituents is 1. The molecule has 23 heavy (non-hydrogen) atoms. The summed E-state index contributed by atoms with van der Waals surface area (Å²) in [6.45, 7) is 8.16. The van der Waals surface area contributed by atoms with Crippen molar-refractivity contribution in [2.75, 3.05) is 19.8 Å². The van der Waals surface area contributed by atoms with E-state index in [-0.39, 0.29) is 5.75 Å². The molecule has 0 unspecified atom stereocenters. The summed E-state index contributed by atoms with van der Waals surface area (Å²) in [5.41, 5.74) is 0. The zero-order chi connectivity index (χ0) is 17.0. The van der Waals surface area contributed by atoms with Crippen LogP contribution in [0.3, 0.4) is 0 Å². The van der Waals surface area contributed by atoms with Crippen LogP contribution in [0.25, 0.3) is 0 Å². The van der Waals surface area contributed by atoms with Gasteiger partial charge in [-0.15, -0.1) is 0 Å². The second-order valence-electron chi connectivity index (χ2n) is 5.68. The lowest BCUT2D eigenvalue weighted by Crippen LogP contribution is -2.57. The topological polar surface area (TPSA) is 47.9 Å². The Hall–Kier alpha value is -0.883. The summed E-state index contributed by atoms with van der Waals surface area (Å²) in [5.74, 6) is 0.198. The standard InChI is InChI=1S/C18H32O4Si/c1-4-7-14-20-23(21-15-8-5-2,22-16-9-6-3)18-13-11-10-12-17(18)19/h10-13,19H,4-9,14-16H2,1-3H3. The Balaban J connectivity index is 3.01. The van der Waals surface area contributed by atoms with E-state index in [9.17, 15) is 5.11 Å². The predicted octanol–water partition coefficient (Wildman–Crippen LogP) is 3.99. The first kappa shape index (κ1) is 20.2. The average molecular weight is 341 g/mol. The fraction of sp³-hybridized carbons (Fsp3) is 0.667. The molecule has 0 amide bonds. The maximum absolute atomic E-state index is 10.3. The molecule has 0 spiro atoms. The van der Waals surface area contributed by atoms with Crippen LogP contribution in [0, 0.1) is 0 Å². The van der Waals surface area contributed by atoms with Gasteiger partial charge in [0.2, 0.25) is 0 Å². The van der Waals surface area contributed by atoms with Crippen LogP contribution in [-0.2, 0) is 13.3 Å². The third-order valence-electron chi connectivity index (χ3n) is 3.60. The third-order valence-corrected chi connectivity index (χ3v) is 6.44. The Labute approximate surface area is 142 Å². The second-order valence-corrected chi connectivity index (χ2v) is 8.20. The molecular formula is C18H32O4Si. The summed E-state index contributed by atoms with van der Waals surface area (Å²) in [5, 5.41) is 11.0. The average Bonchev–Trinajstić information content (AvgIpc) is 2.55. The monoisotopic (exact) mass is 340 g/mol. The van der Waals surface area contributed by atoms with E-state index in [1.807, 2.05) is 18.2 Å². The molecule has 4 nitrogen and oxygen atoms in total. The van der Waals surface area contributed by atoms with Crippen LogP contribution in [0.2, 0.25) is 0 Å². The lowest BCUT2D eigenvalue weighted by Gasteiger charge is -2.30. The van der Waals surface area contributed by atoms with Crippen LogP contribution in [0.5, 0.6) is 5.75 Å². The van der Waals surface area contributed by atoms with Crippen molar-refractivity contribution in [3.8, 4) is 5.75 Å². The first-order valence-corrected chi connectivity index (χ1v) is 10.6. The van der Waals surface area contributed by atoms with Gasteiger partial charge in [-0.25, -0.2) is 0 Å². The van der Waals surface area contributed by atoms with Crippen molar-refractivity contribution in [3.63, 3.8) is 0 Å². The highest BCUT2D eigenvalue weighted by molar-refractivity contribution is 6.76. The summed E-state index contributed by atoms with van der Waals surface area (Å²) >= 11 is 0. The number of hydrogen-bond donors (Lipinski definition) is 1. The minimum Gasteiger partial charge on any atom is -0.508 e. The highest BCUT2D eigenvalue weighted by Crippen LogP contribution is 2.19. The minimum absolute atomic E-state index is 0.198. The van der Waals surface area contributed by atoms with Gasteiger partial charge in [-0.2, -0.15) is 0 Å². The molecule has 0 aliphatic heterocycles. The number of aromatic hydroxyl groups is 1. The maximum Gasteiger partial charge on any atom is 0.541 e. The van der Waals surface area contributed by atoms with Crippen LogP contribution in [0.1, 0.15) is 59.3 Å². The van der Waals surface area contributed by atoms with E-state index in [4.69, 9.17) is 13.3 Å². The highest BCUT2D eigenvalue weighted by atomic mass is 28.4. The van der Waals surface area contributed by atoms with Crippen molar-refractivity contribution in [1.29, 1.82) is 0 Å². The van der Waals surface area contributed by atoms with Gasteiger partial charge < -0.3 is 18.4 Å². The van der Waals surface area contributed by atoms with Crippen LogP contribution in [0.4, 0.5) is 0 Å². The molecule has 0 radical (unpaired) electrons. The minimum atomic E-state index is -3.08. The maximum atomic E-state index is 10.3. The molecule has 0 fully saturated rings. The van der Waals surface area contributed by atoms with E-state index < -0.39 is 8.80 Å². The lowest BCUT2D eigenvalue weighted by atomic mass is 10.3. The fourth-order valence-corrected chi connectivity index (χ4v) is 4.80. The zero-order valence-electron chi connectivity index (χ0n) is 14.8. The van der Waals surface area contributed by atoms with Crippen LogP contribution in [-0.4, -0.2) is 33.7 Å². The van der Waals surface area contributed by atoms with Gasteiger partial charge in [-0.3, -0.25) is 0 Å². The Morgan fingerprint density at radius 1 is 0.783 bits per heavy atom. The number of unbranched alkanes of at least 4 members (excludes halogenated alkanes) is 3. The highest BCUT2D eigenvalue weighted by Gasteiger charge is 2.46. The molecule has 0 heterocycles. The number of hydrogen-bond acceptors (Lipinski definition) is 4. The summed E-state index contributed by atoms with van der Waals surface area (Å²) in [6, 6.07) is 7.24. The van der Waals surface area contributed by atoms with E-state index in [1.54, 1.807) is 6.07 Å². The SMILES string of the molecule is CCCCO[Si](OCCCC)(OCCCC)c1ccccc1O. The van der Waals surface area contributed by atoms with Crippen molar-refractivity contribution < 1.29 is 18.4 Å². The normalized spacial score (nSPS) is 11.8. The molecule has 0 saturated carbocycles. The second kappa shape index (κ2) is 11.6. The fourth-order valence-electron chi connectivity index (χ4n) is 2.14. The van der Waals surface area contributed by atoms with E-state index in [0.29, 0.717) is 25.0 Å². The molecule has 5 heteroatoms. The number of phenols is 1. The first-order chi connectivity index (χ1) is 11.2. The van der Waals surface area contributed by atoms with Gasteiger partial charge in [-0.1, -0.05) is 58.2 Å². The van der Waals surface area contributed by atoms with Crippen molar-refractivity contribution in [3.05, 3.63) is 24.3 Å². The number of para-hydroxylation sites is 1.